The zero-order chi connectivity index (χ0) is 36.3. The number of rotatable bonds is 11. The first-order valence-corrected chi connectivity index (χ1v) is 17.2. The molecule has 4 aromatic carbocycles. The highest BCUT2D eigenvalue weighted by atomic mass is 35.5. The molecule has 0 amide bonds. The first kappa shape index (κ1) is 35.5. The number of ether oxygens (including phenoxy) is 3. The smallest absolute Gasteiger partial charge is 0.417 e. The summed E-state index contributed by atoms with van der Waals surface area (Å²) in [4.78, 5) is 3.26. The van der Waals surface area contributed by atoms with Crippen molar-refractivity contribution >= 4 is 38.3 Å². The van der Waals surface area contributed by atoms with E-state index in [2.05, 4.69) is 19.6 Å². The molecule has 6 aromatic rings. The van der Waals surface area contributed by atoms with E-state index in [4.69, 9.17) is 25.8 Å². The van der Waals surface area contributed by atoms with Crippen LogP contribution in [-0.4, -0.2) is 42.2 Å². The van der Waals surface area contributed by atoms with Crippen LogP contribution in [0.4, 0.5) is 22.7 Å². The largest absolute Gasteiger partial charge is 0.497 e. The Bertz CT molecular complexity index is 2300. The minimum atomic E-state index is -4.68. The Morgan fingerprint density at radius 3 is 2.35 bits per heavy atom. The number of nitrogens with zero attached hydrogens (tertiary/aromatic N) is 5. The lowest BCUT2D eigenvalue weighted by Crippen LogP contribution is -2.31. The van der Waals surface area contributed by atoms with Gasteiger partial charge in [0.2, 0.25) is 5.13 Å². The van der Waals surface area contributed by atoms with Gasteiger partial charge < -0.3 is 14.2 Å². The molecule has 2 aromatic heterocycles. The Morgan fingerprint density at radius 2 is 1.67 bits per heavy atom. The topological polar surface area (TPSA) is 117 Å². The predicted octanol–water partition coefficient (Wildman–Crippen LogP) is 8.68. The molecule has 0 unspecified atom stereocenters. The van der Waals surface area contributed by atoms with Gasteiger partial charge in [0.25, 0.3) is 10.0 Å². The van der Waals surface area contributed by atoms with Crippen LogP contribution in [0.5, 0.6) is 23.0 Å². The number of anilines is 1. The van der Waals surface area contributed by atoms with Crippen molar-refractivity contribution < 1.29 is 40.2 Å². The Morgan fingerprint density at radius 1 is 0.863 bits per heavy atom. The van der Waals surface area contributed by atoms with Crippen molar-refractivity contribution in [1.82, 2.24) is 19.6 Å². The molecule has 0 atom stereocenters. The molecule has 0 saturated heterocycles. The summed E-state index contributed by atoms with van der Waals surface area (Å²) >= 11 is 7.32. The monoisotopic (exact) mass is 757 g/mol. The zero-order valence-corrected chi connectivity index (χ0v) is 28.8. The molecule has 2 heterocycles. The summed E-state index contributed by atoms with van der Waals surface area (Å²) in [7, 11) is -1.80. The fourth-order valence-corrected chi connectivity index (χ4v) is 7.61. The number of sulfonamides is 1. The van der Waals surface area contributed by atoms with Gasteiger partial charge >= 0.3 is 6.18 Å². The molecule has 0 radical (unpaired) electrons. The van der Waals surface area contributed by atoms with Crippen molar-refractivity contribution in [2.75, 3.05) is 18.5 Å². The lowest BCUT2D eigenvalue weighted by molar-refractivity contribution is -0.137. The Kier molecular flexibility index (Phi) is 10.1. The number of benzene rings is 4. The molecule has 10 nitrogen and oxygen atoms in total. The average molecular weight is 758 g/mol. The summed E-state index contributed by atoms with van der Waals surface area (Å²) in [6.07, 6.45) is -0.701. The second kappa shape index (κ2) is 14.5. The number of alkyl halides is 3. The highest BCUT2D eigenvalue weighted by Crippen LogP contribution is 2.43. The molecule has 51 heavy (non-hydrogen) atoms. The van der Waals surface area contributed by atoms with Crippen molar-refractivity contribution in [3.63, 3.8) is 0 Å². The van der Waals surface area contributed by atoms with E-state index in [1.54, 1.807) is 24.3 Å². The molecule has 0 aliphatic heterocycles. The first-order valence-electron chi connectivity index (χ1n) is 14.7. The minimum absolute atomic E-state index is 0.0495. The maximum Gasteiger partial charge on any atom is 0.417 e. The van der Waals surface area contributed by atoms with Crippen molar-refractivity contribution in [3.05, 3.63) is 120 Å². The number of hydrogen-bond acceptors (Lipinski definition) is 10. The first-order chi connectivity index (χ1) is 24.4. The standard InChI is InChI=1S/C34H24ClF4N5O5S2/c1-47-23-9-7-22(30(14-23)48-2)18-44(33-40-19-43-50-33)51(45,46)32-15-27(35)31(16-28(32)36)49-29-10-8-20(13-25(29)21-11-12-41-42-17-21)24-5-3-4-6-26(24)34(37,38)39/h3-17,19H,18H2,1-2H3. The quantitative estimate of drug-likeness (QED) is 0.120. The molecule has 6 rings (SSSR count). The lowest BCUT2D eigenvalue weighted by Gasteiger charge is -2.23. The Balaban J connectivity index is 1.39. The molecule has 0 spiro atoms. The van der Waals surface area contributed by atoms with Crippen LogP contribution in [0.15, 0.2) is 102 Å². The molecule has 0 bridgehead atoms. The van der Waals surface area contributed by atoms with Crippen LogP contribution >= 0.6 is 23.1 Å². The van der Waals surface area contributed by atoms with Gasteiger partial charge in [-0.1, -0.05) is 35.9 Å². The summed E-state index contributed by atoms with van der Waals surface area (Å²) in [6, 6.07) is 17.4. The van der Waals surface area contributed by atoms with Crippen LogP contribution < -0.4 is 18.5 Å². The van der Waals surface area contributed by atoms with E-state index in [0.717, 1.165) is 40.4 Å². The summed E-state index contributed by atoms with van der Waals surface area (Å²) in [5.41, 5.74) is 0.416. The zero-order valence-electron chi connectivity index (χ0n) is 26.4. The van der Waals surface area contributed by atoms with E-state index < -0.39 is 32.5 Å². The van der Waals surface area contributed by atoms with Gasteiger partial charge in [0.15, 0.2) is 0 Å². The van der Waals surface area contributed by atoms with Crippen LogP contribution in [0.3, 0.4) is 0 Å². The van der Waals surface area contributed by atoms with Gasteiger partial charge in [-0.3, -0.25) is 0 Å². The normalized spacial score (nSPS) is 11.7. The molecule has 0 fully saturated rings. The van der Waals surface area contributed by atoms with Crippen LogP contribution in [0, 0.1) is 5.82 Å². The lowest BCUT2D eigenvalue weighted by atomic mass is 9.95. The highest BCUT2D eigenvalue weighted by Gasteiger charge is 2.34. The van der Waals surface area contributed by atoms with Crippen molar-refractivity contribution in [2.24, 2.45) is 0 Å². The second-order valence-electron chi connectivity index (χ2n) is 10.6. The van der Waals surface area contributed by atoms with Gasteiger partial charge in [0, 0.05) is 40.4 Å². The van der Waals surface area contributed by atoms with Gasteiger partial charge in [-0.2, -0.15) is 27.7 Å². The van der Waals surface area contributed by atoms with E-state index in [1.165, 1.54) is 63.0 Å². The average Bonchev–Trinajstić information content (AvgIpc) is 3.66. The molecule has 0 aliphatic rings. The van der Waals surface area contributed by atoms with E-state index >= 15 is 4.39 Å². The summed E-state index contributed by atoms with van der Waals surface area (Å²) < 4.78 is 107. The Labute approximate surface area is 298 Å². The number of halogens is 5. The molecule has 0 aliphatic carbocycles. The van der Waals surface area contributed by atoms with Crippen molar-refractivity contribution in [2.45, 2.75) is 17.6 Å². The van der Waals surface area contributed by atoms with Gasteiger partial charge in [-0.05, 0) is 53.6 Å². The molecule has 17 heteroatoms. The third kappa shape index (κ3) is 7.43. The van der Waals surface area contributed by atoms with E-state index in [9.17, 15) is 21.6 Å². The van der Waals surface area contributed by atoms with Gasteiger partial charge in [-0.25, -0.2) is 22.1 Å². The molecular weight excluding hydrogens is 734 g/mol. The number of aromatic nitrogens is 4. The minimum Gasteiger partial charge on any atom is -0.497 e. The predicted molar refractivity (Wildman–Crippen MR) is 182 cm³/mol. The highest BCUT2D eigenvalue weighted by molar-refractivity contribution is 7.93. The van der Waals surface area contributed by atoms with Gasteiger partial charge in [0.05, 0.1) is 43.7 Å². The maximum absolute atomic E-state index is 15.9. The Hall–Kier alpha value is -5.32. The van der Waals surface area contributed by atoms with E-state index in [0.29, 0.717) is 22.6 Å². The fraction of sp³-hybridized carbons (Fsp3) is 0.118. The molecule has 262 valence electrons. The number of hydrogen-bond donors (Lipinski definition) is 0. The fourth-order valence-electron chi connectivity index (χ4n) is 5.14. The SMILES string of the molecule is COc1ccc(CN(c2ncns2)S(=O)(=O)c2cc(Cl)c(Oc3ccc(-c4ccccc4C(F)(F)F)cc3-c3ccnnc3)cc2F)c(OC)c1. The maximum atomic E-state index is 15.9. The second-order valence-corrected chi connectivity index (χ2v) is 13.6. The molecule has 0 saturated carbocycles. The third-order valence-electron chi connectivity index (χ3n) is 7.56. The van der Waals surface area contributed by atoms with Crippen LogP contribution in [0.1, 0.15) is 11.1 Å². The van der Waals surface area contributed by atoms with Gasteiger partial charge in [-0.15, -0.1) is 0 Å². The van der Waals surface area contributed by atoms with Crippen LogP contribution in [0.2, 0.25) is 5.02 Å². The van der Waals surface area contributed by atoms with Gasteiger partial charge in [0.1, 0.15) is 40.0 Å². The van der Waals surface area contributed by atoms with Crippen LogP contribution in [-0.2, 0) is 22.7 Å². The van der Waals surface area contributed by atoms with E-state index in [-0.39, 0.29) is 44.9 Å². The van der Waals surface area contributed by atoms with Crippen LogP contribution in [0.25, 0.3) is 22.3 Å². The third-order valence-corrected chi connectivity index (χ3v) is 10.4. The number of methoxy groups -OCH3 is 2. The molecular formula is C34H24ClF4N5O5S2. The summed E-state index contributed by atoms with van der Waals surface area (Å²) in [5, 5.41) is 7.29. The summed E-state index contributed by atoms with van der Waals surface area (Å²) in [6.45, 7) is -0.312. The van der Waals surface area contributed by atoms with E-state index in [1.807, 2.05) is 0 Å². The van der Waals surface area contributed by atoms with Crippen molar-refractivity contribution in [1.29, 1.82) is 0 Å². The summed E-state index contributed by atoms with van der Waals surface area (Å²) in [5.74, 6) is -0.615. The molecule has 0 N–H and O–H groups in total. The van der Waals surface area contributed by atoms with Crippen molar-refractivity contribution in [3.8, 4) is 45.3 Å².